The molecule has 0 aromatic heterocycles. The van der Waals surface area contributed by atoms with Crippen LogP contribution in [0.2, 0.25) is 10.0 Å². The summed E-state index contributed by atoms with van der Waals surface area (Å²) in [6, 6.07) is 3.19. The number of halogens is 4. The van der Waals surface area contributed by atoms with Crippen LogP contribution >= 0.6 is 46.4 Å². The summed E-state index contributed by atoms with van der Waals surface area (Å²) in [6.45, 7) is 7.90. The maximum Gasteiger partial charge on any atom is 0.157 e. The third-order valence-corrected chi connectivity index (χ3v) is 3.23. The number of hydrogen-bond donors (Lipinski definition) is 0. The van der Waals surface area contributed by atoms with Gasteiger partial charge in [0.25, 0.3) is 0 Å². The molecule has 1 aromatic rings. The molecule has 4 nitrogen and oxygen atoms in total. The van der Waals surface area contributed by atoms with Crippen molar-refractivity contribution in [3.05, 3.63) is 32.7 Å². The number of oxime groups is 1. The first-order valence-electron chi connectivity index (χ1n) is 7.06. The van der Waals surface area contributed by atoms with Crippen LogP contribution in [0.15, 0.2) is 27.9 Å². The van der Waals surface area contributed by atoms with Gasteiger partial charge in [-0.3, -0.25) is 0 Å². The van der Waals surface area contributed by atoms with E-state index in [1.165, 1.54) is 6.08 Å². The monoisotopic (exact) mass is 413 g/mol. The highest BCUT2D eigenvalue weighted by Gasteiger charge is 2.13. The lowest BCUT2D eigenvalue weighted by atomic mass is 10.2. The average Bonchev–Trinajstić information content (AvgIpc) is 2.43. The van der Waals surface area contributed by atoms with E-state index in [1.807, 2.05) is 20.8 Å². The first-order valence-corrected chi connectivity index (χ1v) is 8.57. The predicted molar refractivity (Wildman–Crippen MR) is 101 cm³/mol. The highest BCUT2D eigenvalue weighted by atomic mass is 35.5. The van der Waals surface area contributed by atoms with Crippen molar-refractivity contribution in [1.29, 1.82) is 0 Å². The molecule has 0 amide bonds. The second kappa shape index (κ2) is 9.62. The van der Waals surface area contributed by atoms with Crippen LogP contribution in [0.3, 0.4) is 0 Å². The van der Waals surface area contributed by atoms with Crippen molar-refractivity contribution < 1.29 is 14.3 Å². The number of benzene rings is 1. The van der Waals surface area contributed by atoms with Gasteiger partial charge in [0.05, 0.1) is 15.8 Å². The standard InChI is InChI=1S/C16H19Cl4NO3/c1-10(21-24-16(2,3)4)9-23-15-12(17)7-11(8-13(15)18)22-6-5-14(19)20/h5,7-8H,6,9H2,1-4H3. The van der Waals surface area contributed by atoms with Crippen molar-refractivity contribution in [2.24, 2.45) is 5.16 Å². The van der Waals surface area contributed by atoms with Crippen molar-refractivity contribution >= 4 is 52.1 Å². The topological polar surface area (TPSA) is 40.0 Å². The van der Waals surface area contributed by atoms with Gasteiger partial charge < -0.3 is 14.3 Å². The quantitative estimate of drug-likeness (QED) is 0.390. The summed E-state index contributed by atoms with van der Waals surface area (Å²) in [7, 11) is 0. The fourth-order valence-corrected chi connectivity index (χ4v) is 2.08. The van der Waals surface area contributed by atoms with Gasteiger partial charge in [0.2, 0.25) is 0 Å². The summed E-state index contributed by atoms with van der Waals surface area (Å²) in [5.41, 5.74) is 0.287. The molecule has 0 fully saturated rings. The summed E-state index contributed by atoms with van der Waals surface area (Å²) in [4.78, 5) is 5.32. The largest absolute Gasteiger partial charge is 0.489 e. The van der Waals surface area contributed by atoms with E-state index in [0.717, 1.165) is 0 Å². The maximum absolute atomic E-state index is 6.18. The molecule has 0 N–H and O–H groups in total. The van der Waals surface area contributed by atoms with Gasteiger partial charge in [0.1, 0.15) is 29.1 Å². The fraction of sp³-hybridized carbons (Fsp3) is 0.438. The van der Waals surface area contributed by atoms with Gasteiger partial charge in [-0.05, 0) is 33.8 Å². The van der Waals surface area contributed by atoms with E-state index >= 15 is 0 Å². The molecule has 0 saturated carbocycles. The van der Waals surface area contributed by atoms with Crippen LogP contribution in [0.1, 0.15) is 27.7 Å². The van der Waals surface area contributed by atoms with Crippen LogP contribution in [0.25, 0.3) is 0 Å². The normalized spacial score (nSPS) is 11.9. The highest BCUT2D eigenvalue weighted by molar-refractivity contribution is 6.55. The molecule has 0 radical (unpaired) electrons. The Labute approximate surface area is 162 Å². The van der Waals surface area contributed by atoms with Gasteiger partial charge in [-0.25, -0.2) is 0 Å². The van der Waals surface area contributed by atoms with Crippen LogP contribution in [-0.4, -0.2) is 24.5 Å². The fourth-order valence-electron chi connectivity index (χ4n) is 1.38. The van der Waals surface area contributed by atoms with Crippen LogP contribution in [0.5, 0.6) is 11.5 Å². The van der Waals surface area contributed by atoms with Crippen LogP contribution < -0.4 is 9.47 Å². The summed E-state index contributed by atoms with van der Waals surface area (Å²) >= 11 is 23.4. The predicted octanol–water partition coefficient (Wildman–Crippen LogP) is 6.26. The van der Waals surface area contributed by atoms with Gasteiger partial charge in [-0.2, -0.15) is 0 Å². The van der Waals surface area contributed by atoms with E-state index in [1.54, 1.807) is 19.1 Å². The van der Waals surface area contributed by atoms with Crippen molar-refractivity contribution in [2.75, 3.05) is 13.2 Å². The molecule has 8 heteroatoms. The van der Waals surface area contributed by atoms with E-state index in [-0.39, 0.29) is 23.3 Å². The number of hydrogen-bond acceptors (Lipinski definition) is 4. The Morgan fingerprint density at radius 2 is 1.71 bits per heavy atom. The van der Waals surface area contributed by atoms with Gasteiger partial charge in [-0.15, -0.1) is 0 Å². The zero-order valence-corrected chi connectivity index (χ0v) is 16.9. The molecular weight excluding hydrogens is 396 g/mol. The minimum absolute atomic E-state index is 0.124. The van der Waals surface area contributed by atoms with Crippen LogP contribution in [0, 0.1) is 0 Å². The molecule has 1 aromatic carbocycles. The van der Waals surface area contributed by atoms with Crippen molar-refractivity contribution in [3.63, 3.8) is 0 Å². The molecule has 24 heavy (non-hydrogen) atoms. The van der Waals surface area contributed by atoms with Crippen molar-refractivity contribution in [3.8, 4) is 11.5 Å². The van der Waals surface area contributed by atoms with E-state index in [2.05, 4.69) is 5.16 Å². The molecule has 0 aliphatic rings. The third kappa shape index (κ3) is 8.34. The number of ether oxygens (including phenoxy) is 2. The van der Waals surface area contributed by atoms with Crippen molar-refractivity contribution in [2.45, 2.75) is 33.3 Å². The second-order valence-corrected chi connectivity index (χ2v) is 7.66. The van der Waals surface area contributed by atoms with E-state index < -0.39 is 0 Å². The van der Waals surface area contributed by atoms with E-state index in [4.69, 9.17) is 60.7 Å². The molecule has 0 atom stereocenters. The first kappa shape index (κ1) is 21.2. The molecule has 1 rings (SSSR count). The van der Waals surface area contributed by atoms with Gasteiger partial charge in [0.15, 0.2) is 5.75 Å². The lowest BCUT2D eigenvalue weighted by Gasteiger charge is -2.16. The Balaban J connectivity index is 2.71. The van der Waals surface area contributed by atoms with Gasteiger partial charge in [0, 0.05) is 12.1 Å². The minimum atomic E-state index is -0.365. The van der Waals surface area contributed by atoms with E-state index in [9.17, 15) is 0 Å². The zero-order chi connectivity index (χ0) is 18.3. The summed E-state index contributed by atoms with van der Waals surface area (Å²) in [5.74, 6) is 0.826. The number of rotatable bonds is 7. The summed E-state index contributed by atoms with van der Waals surface area (Å²) < 4.78 is 11.2. The molecule has 0 saturated heterocycles. The average molecular weight is 415 g/mol. The Hall–Kier alpha value is -0.810. The van der Waals surface area contributed by atoms with E-state index in [0.29, 0.717) is 27.3 Å². The summed E-state index contributed by atoms with van der Waals surface area (Å²) in [5, 5.41) is 4.64. The van der Waals surface area contributed by atoms with Crippen molar-refractivity contribution in [1.82, 2.24) is 0 Å². The lowest BCUT2D eigenvalue weighted by Crippen LogP contribution is -2.18. The lowest BCUT2D eigenvalue weighted by molar-refractivity contribution is 0.0000981. The molecule has 134 valence electrons. The number of nitrogens with zero attached hydrogens (tertiary/aromatic N) is 1. The molecular formula is C16H19Cl4NO3. The Kier molecular flexibility index (Phi) is 8.51. The Bertz CT molecular complexity index is 597. The van der Waals surface area contributed by atoms with Gasteiger partial charge >= 0.3 is 0 Å². The first-order chi connectivity index (χ1) is 11.1. The second-order valence-electron chi connectivity index (χ2n) is 5.84. The molecule has 0 heterocycles. The Morgan fingerprint density at radius 3 is 2.21 bits per heavy atom. The molecule has 0 unspecified atom stereocenters. The maximum atomic E-state index is 6.18. The molecule has 0 spiro atoms. The minimum Gasteiger partial charge on any atom is -0.489 e. The van der Waals surface area contributed by atoms with Crippen LogP contribution in [0.4, 0.5) is 0 Å². The van der Waals surface area contributed by atoms with Gasteiger partial charge in [-0.1, -0.05) is 51.6 Å². The Morgan fingerprint density at radius 1 is 1.12 bits per heavy atom. The SMILES string of the molecule is CC(COc1c(Cl)cc(OCC=C(Cl)Cl)cc1Cl)=NOC(C)(C)C. The van der Waals surface area contributed by atoms with Crippen LogP contribution in [-0.2, 0) is 4.84 Å². The summed E-state index contributed by atoms with van der Waals surface area (Å²) in [6.07, 6.45) is 1.50. The molecule has 0 aliphatic heterocycles. The molecule has 0 aliphatic carbocycles. The molecule has 0 bridgehead atoms. The smallest absolute Gasteiger partial charge is 0.157 e. The third-order valence-electron chi connectivity index (χ3n) is 2.36. The highest BCUT2D eigenvalue weighted by Crippen LogP contribution is 2.37. The zero-order valence-electron chi connectivity index (χ0n) is 13.8.